The molecule has 3 rings (SSSR count). The normalized spacial score (nSPS) is 18.4. The third-order valence-corrected chi connectivity index (χ3v) is 4.97. The van der Waals surface area contributed by atoms with Crippen LogP contribution in [0.3, 0.4) is 0 Å². The molecular weight excluding hydrogens is 278 g/mol. The van der Waals surface area contributed by atoms with Gasteiger partial charge in [-0.1, -0.05) is 0 Å². The van der Waals surface area contributed by atoms with Gasteiger partial charge >= 0.3 is 0 Å². The van der Waals surface area contributed by atoms with E-state index in [0.29, 0.717) is 13.1 Å². The quantitative estimate of drug-likeness (QED) is 0.883. The largest absolute Gasteiger partial charge is 0.369 e. The van der Waals surface area contributed by atoms with Crippen LogP contribution in [0.1, 0.15) is 6.92 Å². The summed E-state index contributed by atoms with van der Waals surface area (Å²) in [6.07, 6.45) is 5.47. The highest BCUT2D eigenvalue weighted by Gasteiger charge is 2.24. The van der Waals surface area contributed by atoms with Gasteiger partial charge in [-0.3, -0.25) is 0 Å². The van der Waals surface area contributed by atoms with Gasteiger partial charge in [0.15, 0.2) is 21.3 Å². The number of hydrogen-bond acceptors (Lipinski definition) is 6. The van der Waals surface area contributed by atoms with Crippen molar-refractivity contribution < 1.29 is 8.42 Å². The molecule has 3 heterocycles. The number of sulfone groups is 1. The SMILES string of the molecule is CCNc1cn2ccnc2c(N2CCS(=O)(=O)CC2)n1. The molecule has 20 heavy (non-hydrogen) atoms. The van der Waals surface area contributed by atoms with E-state index in [1.54, 1.807) is 6.20 Å². The molecule has 0 bridgehead atoms. The van der Waals surface area contributed by atoms with Crippen molar-refractivity contribution in [2.75, 3.05) is 41.4 Å². The molecule has 1 N–H and O–H groups in total. The number of nitrogens with one attached hydrogen (secondary N) is 1. The van der Waals surface area contributed by atoms with Crippen LogP contribution in [0, 0.1) is 0 Å². The lowest BCUT2D eigenvalue weighted by Gasteiger charge is -2.28. The second-order valence-electron chi connectivity index (χ2n) is 4.78. The van der Waals surface area contributed by atoms with Gasteiger partial charge in [0.05, 0.1) is 17.7 Å². The van der Waals surface area contributed by atoms with Crippen molar-refractivity contribution in [2.24, 2.45) is 0 Å². The lowest BCUT2D eigenvalue weighted by Crippen LogP contribution is -2.41. The maximum absolute atomic E-state index is 11.5. The van der Waals surface area contributed by atoms with Crippen molar-refractivity contribution in [1.29, 1.82) is 0 Å². The van der Waals surface area contributed by atoms with Crippen molar-refractivity contribution >= 4 is 27.1 Å². The molecule has 0 saturated carbocycles. The van der Waals surface area contributed by atoms with Gasteiger partial charge in [0.1, 0.15) is 5.82 Å². The summed E-state index contributed by atoms with van der Waals surface area (Å²) in [6.45, 7) is 3.72. The average Bonchev–Trinajstić information content (AvgIpc) is 2.86. The van der Waals surface area contributed by atoms with Crippen molar-refractivity contribution in [3.8, 4) is 0 Å². The summed E-state index contributed by atoms with van der Waals surface area (Å²) in [5.74, 6) is 1.85. The Kier molecular flexibility index (Phi) is 3.25. The van der Waals surface area contributed by atoms with E-state index in [-0.39, 0.29) is 11.5 Å². The van der Waals surface area contributed by atoms with E-state index >= 15 is 0 Å². The molecule has 8 heteroatoms. The fourth-order valence-corrected chi connectivity index (χ4v) is 3.52. The Morgan fingerprint density at radius 3 is 2.80 bits per heavy atom. The van der Waals surface area contributed by atoms with Crippen molar-refractivity contribution in [3.63, 3.8) is 0 Å². The molecule has 1 aliphatic rings. The number of imidazole rings is 1. The third-order valence-electron chi connectivity index (χ3n) is 3.36. The second kappa shape index (κ2) is 4.93. The number of hydrogen-bond donors (Lipinski definition) is 1. The van der Waals surface area contributed by atoms with E-state index in [9.17, 15) is 8.42 Å². The Morgan fingerprint density at radius 2 is 2.10 bits per heavy atom. The van der Waals surface area contributed by atoms with Crippen LogP contribution in [0.4, 0.5) is 11.6 Å². The molecule has 7 nitrogen and oxygen atoms in total. The molecule has 0 unspecified atom stereocenters. The zero-order chi connectivity index (χ0) is 14.2. The summed E-state index contributed by atoms with van der Waals surface area (Å²) in [7, 11) is -2.90. The van der Waals surface area contributed by atoms with Crippen LogP contribution in [0.2, 0.25) is 0 Å². The zero-order valence-corrected chi connectivity index (χ0v) is 12.1. The highest BCUT2D eigenvalue weighted by molar-refractivity contribution is 7.91. The van der Waals surface area contributed by atoms with Gasteiger partial charge in [-0.2, -0.15) is 0 Å². The van der Waals surface area contributed by atoms with Gasteiger partial charge in [-0.15, -0.1) is 0 Å². The van der Waals surface area contributed by atoms with Gasteiger partial charge < -0.3 is 14.6 Å². The molecule has 1 saturated heterocycles. The molecule has 0 aliphatic carbocycles. The fourth-order valence-electron chi connectivity index (χ4n) is 2.32. The predicted molar refractivity (Wildman–Crippen MR) is 78.0 cm³/mol. The van der Waals surface area contributed by atoms with Crippen LogP contribution in [-0.4, -0.2) is 53.9 Å². The monoisotopic (exact) mass is 295 g/mol. The number of nitrogens with zero attached hydrogens (tertiary/aromatic N) is 4. The summed E-state index contributed by atoms with van der Waals surface area (Å²) < 4.78 is 25.0. The summed E-state index contributed by atoms with van der Waals surface area (Å²) in [5, 5.41) is 3.18. The van der Waals surface area contributed by atoms with Crippen molar-refractivity contribution in [2.45, 2.75) is 6.92 Å². The number of aromatic nitrogens is 3. The molecule has 1 fully saturated rings. The van der Waals surface area contributed by atoms with Crippen LogP contribution in [0.25, 0.3) is 5.65 Å². The maximum atomic E-state index is 11.5. The van der Waals surface area contributed by atoms with Crippen LogP contribution < -0.4 is 10.2 Å². The first-order valence-corrected chi connectivity index (χ1v) is 8.44. The Labute approximate surface area is 117 Å². The van der Waals surface area contributed by atoms with Crippen LogP contribution in [-0.2, 0) is 9.84 Å². The molecule has 1 aliphatic heterocycles. The lowest BCUT2D eigenvalue weighted by atomic mass is 10.4. The van der Waals surface area contributed by atoms with Gasteiger partial charge in [-0.25, -0.2) is 18.4 Å². The average molecular weight is 295 g/mol. The highest BCUT2D eigenvalue weighted by Crippen LogP contribution is 2.22. The minimum absolute atomic E-state index is 0.174. The molecule has 2 aromatic heterocycles. The van der Waals surface area contributed by atoms with E-state index in [0.717, 1.165) is 23.8 Å². The first-order valence-electron chi connectivity index (χ1n) is 6.62. The molecule has 108 valence electrons. The van der Waals surface area contributed by atoms with Gasteiger partial charge in [0.2, 0.25) is 0 Å². The fraction of sp³-hybridized carbons (Fsp3) is 0.500. The van der Waals surface area contributed by atoms with E-state index in [1.807, 2.05) is 28.6 Å². The van der Waals surface area contributed by atoms with E-state index in [1.165, 1.54) is 0 Å². The van der Waals surface area contributed by atoms with Crippen LogP contribution in [0.5, 0.6) is 0 Å². The molecule has 0 amide bonds. The number of anilines is 2. The standard InChI is InChI=1S/C12H17N5O2S/c1-2-13-10-9-17-4-3-14-11(17)12(15-10)16-5-7-20(18,19)8-6-16/h3-4,9,13H,2,5-8H2,1H3. The predicted octanol–water partition coefficient (Wildman–Crippen LogP) is 0.396. The zero-order valence-electron chi connectivity index (χ0n) is 11.3. The van der Waals surface area contributed by atoms with Crippen LogP contribution >= 0.6 is 0 Å². The Hall–Kier alpha value is -1.83. The Bertz CT molecular complexity index is 711. The summed E-state index contributed by atoms with van der Waals surface area (Å²) in [5.41, 5.74) is 0.756. The smallest absolute Gasteiger partial charge is 0.180 e. The van der Waals surface area contributed by atoms with E-state index < -0.39 is 9.84 Å². The topological polar surface area (TPSA) is 79.6 Å². The molecule has 0 atom stereocenters. The second-order valence-corrected chi connectivity index (χ2v) is 7.08. The molecule has 0 aromatic carbocycles. The van der Waals surface area contributed by atoms with E-state index in [2.05, 4.69) is 15.3 Å². The first-order chi connectivity index (χ1) is 9.59. The van der Waals surface area contributed by atoms with Crippen LogP contribution in [0.15, 0.2) is 18.6 Å². The van der Waals surface area contributed by atoms with Gasteiger partial charge in [-0.05, 0) is 6.92 Å². The number of rotatable bonds is 3. The molecule has 0 radical (unpaired) electrons. The minimum Gasteiger partial charge on any atom is -0.369 e. The minimum atomic E-state index is -2.90. The third kappa shape index (κ3) is 2.43. The highest BCUT2D eigenvalue weighted by atomic mass is 32.2. The molecule has 2 aromatic rings. The molecule has 0 spiro atoms. The Balaban J connectivity index is 1.99. The summed E-state index contributed by atoms with van der Waals surface area (Å²) in [4.78, 5) is 10.9. The maximum Gasteiger partial charge on any atom is 0.180 e. The van der Waals surface area contributed by atoms with Crippen molar-refractivity contribution in [1.82, 2.24) is 14.4 Å². The lowest BCUT2D eigenvalue weighted by molar-refractivity contribution is 0.586. The summed E-state index contributed by atoms with van der Waals surface area (Å²) >= 11 is 0. The molecular formula is C12H17N5O2S. The summed E-state index contributed by atoms with van der Waals surface area (Å²) in [6, 6.07) is 0. The van der Waals surface area contributed by atoms with Gasteiger partial charge in [0, 0.05) is 32.0 Å². The van der Waals surface area contributed by atoms with Crippen molar-refractivity contribution in [3.05, 3.63) is 18.6 Å². The Morgan fingerprint density at radius 1 is 1.35 bits per heavy atom. The van der Waals surface area contributed by atoms with Gasteiger partial charge in [0.25, 0.3) is 0 Å². The van der Waals surface area contributed by atoms with E-state index in [4.69, 9.17) is 0 Å². The number of fused-ring (bicyclic) bond motifs is 1. The first kappa shape index (κ1) is 13.2.